The largest absolute Gasteiger partial charge is 0.481 e. The van der Waals surface area contributed by atoms with E-state index in [-0.39, 0.29) is 6.42 Å². The Kier molecular flexibility index (Phi) is 3.89. The minimum Gasteiger partial charge on any atom is -0.481 e. The van der Waals surface area contributed by atoms with Crippen molar-refractivity contribution in [3.63, 3.8) is 0 Å². The molecule has 1 N–H and O–H groups in total. The van der Waals surface area contributed by atoms with Crippen LogP contribution < -0.4 is 0 Å². The molecule has 3 nitrogen and oxygen atoms in total. The summed E-state index contributed by atoms with van der Waals surface area (Å²) in [6, 6.07) is 0. The maximum Gasteiger partial charge on any atom is 0.303 e. The highest BCUT2D eigenvalue weighted by molar-refractivity contribution is 5.86. The Morgan fingerprint density at radius 3 is 2.59 bits per heavy atom. The molecule has 22 heavy (non-hydrogen) atoms. The van der Waals surface area contributed by atoms with Crippen molar-refractivity contribution < 1.29 is 14.7 Å². The second kappa shape index (κ2) is 5.35. The van der Waals surface area contributed by atoms with Crippen molar-refractivity contribution in [1.82, 2.24) is 0 Å². The molecular weight excluding hydrogens is 276 g/mol. The van der Waals surface area contributed by atoms with Gasteiger partial charge in [0.05, 0.1) is 0 Å². The fourth-order valence-corrected chi connectivity index (χ4v) is 6.23. The van der Waals surface area contributed by atoms with Gasteiger partial charge in [-0.3, -0.25) is 9.59 Å². The van der Waals surface area contributed by atoms with Gasteiger partial charge in [-0.15, -0.1) is 0 Å². The molecule has 6 atom stereocenters. The highest BCUT2D eigenvalue weighted by atomic mass is 16.4. The van der Waals surface area contributed by atoms with Crippen molar-refractivity contribution in [2.45, 2.75) is 72.1 Å². The molecule has 3 aliphatic rings. The molecular formula is C19H30O3. The lowest BCUT2D eigenvalue weighted by Crippen LogP contribution is -2.52. The van der Waals surface area contributed by atoms with Crippen molar-refractivity contribution in [1.29, 1.82) is 0 Å². The number of fused-ring (bicyclic) bond motifs is 3. The summed E-state index contributed by atoms with van der Waals surface area (Å²) in [5, 5.41) is 9.06. The van der Waals surface area contributed by atoms with Crippen LogP contribution in [0.25, 0.3) is 0 Å². The van der Waals surface area contributed by atoms with E-state index >= 15 is 0 Å². The van der Waals surface area contributed by atoms with E-state index in [1.165, 1.54) is 19.3 Å². The van der Waals surface area contributed by atoms with Gasteiger partial charge in [-0.2, -0.15) is 0 Å². The first-order valence-electron chi connectivity index (χ1n) is 9.04. The predicted octanol–water partition coefficient (Wildman–Crippen LogP) is 4.30. The molecule has 3 heteroatoms. The van der Waals surface area contributed by atoms with E-state index in [1.54, 1.807) is 0 Å². The number of aliphatic carboxylic acids is 1. The van der Waals surface area contributed by atoms with E-state index in [9.17, 15) is 9.59 Å². The van der Waals surface area contributed by atoms with E-state index < -0.39 is 11.4 Å². The molecule has 3 rings (SSSR count). The molecule has 0 aliphatic heterocycles. The number of carboxylic acid groups (broad SMARTS) is 1. The number of hydrogen-bond donors (Lipinski definition) is 1. The molecule has 0 amide bonds. The summed E-state index contributed by atoms with van der Waals surface area (Å²) >= 11 is 0. The van der Waals surface area contributed by atoms with Crippen LogP contribution in [-0.2, 0) is 9.59 Å². The van der Waals surface area contributed by atoms with Crippen molar-refractivity contribution in [2.75, 3.05) is 0 Å². The summed E-state index contributed by atoms with van der Waals surface area (Å²) in [5.41, 5.74) is 0.0593. The summed E-state index contributed by atoms with van der Waals surface area (Å²) in [6.07, 6.45) is 7.33. The molecule has 0 heterocycles. The average molecular weight is 306 g/mol. The van der Waals surface area contributed by atoms with Gasteiger partial charge in [0.2, 0.25) is 0 Å². The van der Waals surface area contributed by atoms with Gasteiger partial charge in [-0.05, 0) is 67.6 Å². The zero-order valence-corrected chi connectivity index (χ0v) is 14.2. The van der Waals surface area contributed by atoms with Crippen LogP contribution in [0.5, 0.6) is 0 Å². The van der Waals surface area contributed by atoms with Crippen LogP contribution in [0, 0.1) is 34.5 Å². The highest BCUT2D eigenvalue weighted by Crippen LogP contribution is 2.64. The molecule has 0 bridgehead atoms. The fourth-order valence-electron chi connectivity index (χ4n) is 6.23. The minimum atomic E-state index is -0.772. The van der Waals surface area contributed by atoms with Crippen LogP contribution in [0.1, 0.15) is 72.1 Å². The van der Waals surface area contributed by atoms with Crippen LogP contribution in [-0.4, -0.2) is 16.9 Å². The molecule has 0 spiro atoms. The van der Waals surface area contributed by atoms with E-state index in [4.69, 9.17) is 5.11 Å². The predicted molar refractivity (Wildman–Crippen MR) is 85.4 cm³/mol. The quantitative estimate of drug-likeness (QED) is 0.845. The van der Waals surface area contributed by atoms with Gasteiger partial charge in [0.15, 0.2) is 0 Å². The molecule has 0 radical (unpaired) electrons. The number of ketones is 1. The highest BCUT2D eigenvalue weighted by Gasteiger charge is 2.58. The lowest BCUT2D eigenvalue weighted by molar-refractivity contribution is -0.148. The van der Waals surface area contributed by atoms with Gasteiger partial charge < -0.3 is 5.11 Å². The Morgan fingerprint density at radius 1 is 1.18 bits per heavy atom. The Balaban J connectivity index is 1.86. The summed E-state index contributed by atoms with van der Waals surface area (Å²) in [6.45, 7) is 6.94. The van der Waals surface area contributed by atoms with E-state index in [0.717, 1.165) is 24.7 Å². The maximum absolute atomic E-state index is 12.6. The smallest absolute Gasteiger partial charge is 0.303 e. The summed E-state index contributed by atoms with van der Waals surface area (Å²) in [4.78, 5) is 23.6. The molecule has 124 valence electrons. The summed E-state index contributed by atoms with van der Waals surface area (Å²) in [7, 11) is 0. The molecule has 3 fully saturated rings. The zero-order valence-electron chi connectivity index (χ0n) is 14.2. The van der Waals surface area contributed by atoms with E-state index in [1.807, 2.05) is 0 Å². The van der Waals surface area contributed by atoms with Gasteiger partial charge in [0.1, 0.15) is 5.78 Å². The lowest BCUT2D eigenvalue weighted by Gasteiger charge is -2.55. The summed E-state index contributed by atoms with van der Waals surface area (Å²) < 4.78 is 0. The van der Waals surface area contributed by atoms with Crippen molar-refractivity contribution in [2.24, 2.45) is 34.5 Å². The average Bonchev–Trinajstić information content (AvgIpc) is 2.77. The van der Waals surface area contributed by atoms with E-state index in [0.29, 0.717) is 35.9 Å². The van der Waals surface area contributed by atoms with Crippen LogP contribution in [0.15, 0.2) is 0 Å². The second-order valence-electron chi connectivity index (χ2n) is 8.67. The molecule has 3 aliphatic carbocycles. The Bertz CT molecular complexity index is 485. The van der Waals surface area contributed by atoms with Gasteiger partial charge in [-0.25, -0.2) is 0 Å². The minimum absolute atomic E-state index is 0.129. The SMILES string of the molecule is CC1CCC2C3CCC(=O)[C@](C)(CCC(=O)O)C3CCC12C. The molecule has 3 saturated carbocycles. The van der Waals surface area contributed by atoms with Gasteiger partial charge >= 0.3 is 5.97 Å². The summed E-state index contributed by atoms with van der Waals surface area (Å²) in [5.74, 6) is 2.15. The number of carboxylic acids is 1. The third kappa shape index (κ3) is 2.23. The maximum atomic E-state index is 12.6. The van der Waals surface area contributed by atoms with Gasteiger partial charge in [0, 0.05) is 18.3 Å². The number of carbonyl (C=O) groups is 2. The van der Waals surface area contributed by atoms with E-state index in [2.05, 4.69) is 20.8 Å². The normalized spacial score (nSPS) is 47.9. The third-order valence-electron chi connectivity index (χ3n) is 7.93. The first-order valence-corrected chi connectivity index (χ1v) is 9.04. The van der Waals surface area contributed by atoms with Crippen LogP contribution in [0.4, 0.5) is 0 Å². The molecule has 0 aromatic carbocycles. The van der Waals surface area contributed by atoms with Crippen LogP contribution in [0.2, 0.25) is 0 Å². The molecule has 0 aromatic rings. The van der Waals surface area contributed by atoms with Crippen molar-refractivity contribution in [3.8, 4) is 0 Å². The Morgan fingerprint density at radius 2 is 1.91 bits per heavy atom. The van der Waals surface area contributed by atoms with Crippen molar-refractivity contribution >= 4 is 11.8 Å². The standard InChI is InChI=1S/C19H30O3/c1-12-4-6-14-13-5-7-16(20)19(3,11-9-17(21)22)15(13)8-10-18(12,14)2/h12-15H,4-11H2,1-3H3,(H,21,22)/t12?,13?,14?,15?,18?,19-/m1/s1. The zero-order chi connectivity index (χ0) is 16.1. The Hall–Kier alpha value is -0.860. The second-order valence-corrected chi connectivity index (χ2v) is 8.67. The first-order chi connectivity index (χ1) is 10.3. The Labute approximate surface area is 133 Å². The molecule has 5 unspecified atom stereocenters. The monoisotopic (exact) mass is 306 g/mol. The molecule has 0 aromatic heterocycles. The number of rotatable bonds is 3. The number of hydrogen-bond acceptors (Lipinski definition) is 2. The van der Waals surface area contributed by atoms with Crippen LogP contribution in [0.3, 0.4) is 0 Å². The topological polar surface area (TPSA) is 54.4 Å². The fraction of sp³-hybridized carbons (Fsp3) is 0.895. The van der Waals surface area contributed by atoms with Crippen LogP contribution >= 0.6 is 0 Å². The van der Waals surface area contributed by atoms with Gasteiger partial charge in [0.25, 0.3) is 0 Å². The molecule has 0 saturated heterocycles. The van der Waals surface area contributed by atoms with Crippen molar-refractivity contribution in [3.05, 3.63) is 0 Å². The third-order valence-corrected chi connectivity index (χ3v) is 7.93. The number of Topliss-reactive ketones (excluding diaryl/α,β-unsaturated/α-hetero) is 1. The van der Waals surface area contributed by atoms with Gasteiger partial charge in [-0.1, -0.05) is 20.8 Å². The first kappa shape index (κ1) is 16.0. The lowest BCUT2D eigenvalue weighted by atomic mass is 9.48. The number of carbonyl (C=O) groups excluding carboxylic acids is 1.